The van der Waals surface area contributed by atoms with Gasteiger partial charge in [-0.15, -0.1) is 0 Å². The minimum Gasteiger partial charge on any atom is -0.379 e. The van der Waals surface area contributed by atoms with Crippen LogP contribution in [0.3, 0.4) is 0 Å². The third-order valence-corrected chi connectivity index (χ3v) is 6.73. The Hall–Kier alpha value is -4.49. The molecular formula is C28H20N2O4S. The second-order valence-electron chi connectivity index (χ2n) is 7.84. The van der Waals surface area contributed by atoms with E-state index >= 15 is 0 Å². The summed E-state index contributed by atoms with van der Waals surface area (Å²) in [6.45, 7) is 0. The summed E-state index contributed by atoms with van der Waals surface area (Å²) in [5.74, 6) is -0.202. The lowest BCUT2D eigenvalue weighted by Gasteiger charge is -2.08. The second-order valence-corrected chi connectivity index (χ2v) is 9.39. The highest BCUT2D eigenvalue weighted by Gasteiger charge is 2.17. The van der Waals surface area contributed by atoms with Crippen LogP contribution in [-0.2, 0) is 10.1 Å². The number of carbonyl (C=O) groups is 1. The van der Waals surface area contributed by atoms with Crippen molar-refractivity contribution in [2.75, 3.05) is 0 Å². The highest BCUT2D eigenvalue weighted by Crippen LogP contribution is 2.23. The van der Waals surface area contributed by atoms with E-state index in [1.807, 2.05) is 60.7 Å². The Bertz CT molecular complexity index is 1690. The van der Waals surface area contributed by atoms with Crippen LogP contribution in [0.2, 0.25) is 0 Å². The normalized spacial score (nSPS) is 11.7. The van der Waals surface area contributed by atoms with E-state index < -0.39 is 10.1 Å². The lowest BCUT2D eigenvalue weighted by molar-refractivity contribution is 0.0957. The molecule has 0 atom stereocenters. The average molecular weight is 481 g/mol. The van der Waals surface area contributed by atoms with Gasteiger partial charge in [0.15, 0.2) is 0 Å². The molecule has 35 heavy (non-hydrogen) atoms. The fourth-order valence-corrected chi connectivity index (χ4v) is 4.75. The molecule has 1 amide bonds. The molecule has 0 spiro atoms. The van der Waals surface area contributed by atoms with Crippen molar-refractivity contribution in [3.63, 3.8) is 0 Å². The van der Waals surface area contributed by atoms with Crippen LogP contribution in [0, 0.1) is 0 Å². The molecule has 5 rings (SSSR count). The maximum absolute atomic E-state index is 12.8. The monoisotopic (exact) mass is 480 g/mol. The fraction of sp³-hybridized carbons (Fsp3) is 0. The summed E-state index contributed by atoms with van der Waals surface area (Å²) in [6, 6.07) is 31.9. The highest BCUT2D eigenvalue weighted by atomic mass is 32.2. The molecule has 0 saturated heterocycles. The molecule has 5 aromatic rings. The Morgan fingerprint density at radius 1 is 0.743 bits per heavy atom. The van der Waals surface area contributed by atoms with E-state index in [0.29, 0.717) is 11.1 Å². The van der Waals surface area contributed by atoms with E-state index in [-0.39, 0.29) is 16.6 Å². The van der Waals surface area contributed by atoms with Crippen LogP contribution in [0.4, 0.5) is 0 Å². The number of hydrogen-bond donors (Lipinski definition) is 1. The number of nitrogens with one attached hydrogen (secondary N) is 1. The molecule has 0 fully saturated rings. The standard InChI is InChI=1S/C28H20N2O4S/c31-28(27-14-6-11-22-9-3-4-13-26(22)27)30-29-19-20-7-5-12-24(17-20)34-35(32,33)25-16-15-21-8-1-2-10-23(21)18-25/h1-19H,(H,30,31)/b29-19-. The Morgan fingerprint density at radius 3 is 2.31 bits per heavy atom. The Kier molecular flexibility index (Phi) is 5.99. The highest BCUT2D eigenvalue weighted by molar-refractivity contribution is 7.87. The van der Waals surface area contributed by atoms with Crippen molar-refractivity contribution in [2.24, 2.45) is 5.10 Å². The van der Waals surface area contributed by atoms with Crippen molar-refractivity contribution in [3.05, 3.63) is 120 Å². The largest absolute Gasteiger partial charge is 0.379 e. The molecule has 0 unspecified atom stereocenters. The Balaban J connectivity index is 1.30. The van der Waals surface area contributed by atoms with Crippen molar-refractivity contribution in [3.8, 4) is 5.75 Å². The van der Waals surface area contributed by atoms with Gasteiger partial charge in [-0.05, 0) is 57.4 Å². The zero-order valence-corrected chi connectivity index (χ0v) is 19.3. The molecule has 0 radical (unpaired) electrons. The van der Waals surface area contributed by atoms with Gasteiger partial charge in [0.05, 0.1) is 6.21 Å². The van der Waals surface area contributed by atoms with E-state index in [2.05, 4.69) is 10.5 Å². The van der Waals surface area contributed by atoms with Gasteiger partial charge in [-0.2, -0.15) is 13.5 Å². The van der Waals surface area contributed by atoms with Gasteiger partial charge in [-0.25, -0.2) is 5.43 Å². The van der Waals surface area contributed by atoms with Gasteiger partial charge in [0.25, 0.3) is 5.91 Å². The smallest absolute Gasteiger partial charge is 0.339 e. The summed E-state index contributed by atoms with van der Waals surface area (Å²) < 4.78 is 31.0. The predicted octanol–water partition coefficient (Wildman–Crippen LogP) is 5.52. The molecule has 0 aliphatic rings. The zero-order chi connectivity index (χ0) is 24.3. The minimum atomic E-state index is -4.03. The van der Waals surface area contributed by atoms with Crippen LogP contribution in [0.15, 0.2) is 119 Å². The van der Waals surface area contributed by atoms with Crippen molar-refractivity contribution in [1.29, 1.82) is 0 Å². The third kappa shape index (κ3) is 4.90. The summed E-state index contributed by atoms with van der Waals surface area (Å²) in [6.07, 6.45) is 1.43. The van der Waals surface area contributed by atoms with E-state index in [9.17, 15) is 13.2 Å². The summed E-state index contributed by atoms with van der Waals surface area (Å²) >= 11 is 0. The number of hydrogen-bond acceptors (Lipinski definition) is 5. The van der Waals surface area contributed by atoms with Crippen LogP contribution in [0.25, 0.3) is 21.5 Å². The lowest BCUT2D eigenvalue weighted by Crippen LogP contribution is -2.17. The number of benzene rings is 5. The molecule has 172 valence electrons. The van der Waals surface area contributed by atoms with Crippen LogP contribution < -0.4 is 9.61 Å². The molecular weight excluding hydrogens is 460 g/mol. The fourth-order valence-electron chi connectivity index (χ4n) is 3.79. The molecule has 0 heterocycles. The summed E-state index contributed by atoms with van der Waals surface area (Å²) in [5.41, 5.74) is 3.60. The van der Waals surface area contributed by atoms with Gasteiger partial charge in [-0.1, -0.05) is 78.9 Å². The molecule has 6 nitrogen and oxygen atoms in total. The molecule has 0 saturated carbocycles. The van der Waals surface area contributed by atoms with Gasteiger partial charge in [-0.3, -0.25) is 4.79 Å². The molecule has 5 aromatic carbocycles. The van der Waals surface area contributed by atoms with Crippen LogP contribution >= 0.6 is 0 Å². The third-order valence-electron chi connectivity index (χ3n) is 5.49. The lowest BCUT2D eigenvalue weighted by atomic mass is 10.0. The van der Waals surface area contributed by atoms with Gasteiger partial charge in [0.1, 0.15) is 10.6 Å². The summed E-state index contributed by atoms with van der Waals surface area (Å²) in [5, 5.41) is 7.56. The number of rotatable bonds is 6. The van der Waals surface area contributed by atoms with E-state index in [4.69, 9.17) is 4.18 Å². The van der Waals surface area contributed by atoms with Crippen molar-refractivity contribution >= 4 is 43.8 Å². The van der Waals surface area contributed by atoms with Crippen molar-refractivity contribution < 1.29 is 17.4 Å². The van der Waals surface area contributed by atoms with Crippen LogP contribution in [-0.4, -0.2) is 20.5 Å². The topological polar surface area (TPSA) is 84.8 Å². The van der Waals surface area contributed by atoms with E-state index in [0.717, 1.165) is 21.5 Å². The minimum absolute atomic E-state index is 0.0672. The first-order valence-corrected chi connectivity index (χ1v) is 12.2. The molecule has 0 aromatic heterocycles. The van der Waals surface area contributed by atoms with Gasteiger partial charge >= 0.3 is 10.1 Å². The maximum Gasteiger partial charge on any atom is 0.339 e. The van der Waals surface area contributed by atoms with Crippen LogP contribution in [0.5, 0.6) is 5.75 Å². The SMILES string of the molecule is O=C(N/N=C\c1cccc(OS(=O)(=O)c2ccc3ccccc3c2)c1)c1cccc2ccccc12. The number of amides is 1. The number of fused-ring (bicyclic) bond motifs is 2. The van der Waals surface area contributed by atoms with E-state index in [1.54, 1.807) is 36.4 Å². The number of hydrazone groups is 1. The first-order chi connectivity index (χ1) is 17.0. The number of carbonyl (C=O) groups excluding carboxylic acids is 1. The first-order valence-electron chi connectivity index (χ1n) is 10.8. The average Bonchev–Trinajstić information content (AvgIpc) is 2.88. The Labute approximate surface area is 202 Å². The quantitative estimate of drug-likeness (QED) is 0.197. The zero-order valence-electron chi connectivity index (χ0n) is 18.5. The first kappa shape index (κ1) is 22.3. The van der Waals surface area contributed by atoms with Gasteiger partial charge in [0.2, 0.25) is 0 Å². The molecule has 1 N–H and O–H groups in total. The van der Waals surface area contributed by atoms with Gasteiger partial charge < -0.3 is 4.18 Å². The maximum atomic E-state index is 12.8. The second kappa shape index (κ2) is 9.40. The number of nitrogens with zero attached hydrogens (tertiary/aromatic N) is 1. The van der Waals surface area contributed by atoms with Gasteiger partial charge in [0, 0.05) is 5.56 Å². The molecule has 7 heteroatoms. The Morgan fingerprint density at radius 2 is 1.46 bits per heavy atom. The van der Waals surface area contributed by atoms with Crippen molar-refractivity contribution in [2.45, 2.75) is 4.90 Å². The predicted molar refractivity (Wildman–Crippen MR) is 137 cm³/mol. The van der Waals surface area contributed by atoms with Crippen molar-refractivity contribution in [1.82, 2.24) is 5.43 Å². The molecule has 0 aliphatic heterocycles. The molecule has 0 aliphatic carbocycles. The van der Waals surface area contributed by atoms with Crippen LogP contribution in [0.1, 0.15) is 15.9 Å². The summed E-state index contributed by atoms with van der Waals surface area (Å²) in [7, 11) is -4.03. The van der Waals surface area contributed by atoms with E-state index in [1.165, 1.54) is 18.3 Å². The summed E-state index contributed by atoms with van der Waals surface area (Å²) in [4.78, 5) is 12.7. The molecule has 0 bridgehead atoms.